The zero-order chi connectivity index (χ0) is 17.6. The van der Waals surface area contributed by atoms with Crippen molar-refractivity contribution in [1.29, 1.82) is 0 Å². The molecule has 7 nitrogen and oxygen atoms in total. The number of amides is 1. The Balaban J connectivity index is 1.73. The van der Waals surface area contributed by atoms with E-state index in [1.165, 1.54) is 6.07 Å². The van der Waals surface area contributed by atoms with Crippen molar-refractivity contribution in [2.45, 2.75) is 18.9 Å². The predicted molar refractivity (Wildman–Crippen MR) is 96.2 cm³/mol. The SMILES string of the molecule is O=C(NCC1CCCN1)c1ccc(Nc2ccccc2)c([N+](=O)[O-])c1. The quantitative estimate of drug-likeness (QED) is 0.555. The maximum absolute atomic E-state index is 12.3. The van der Waals surface area contributed by atoms with Crippen LogP contribution in [0.2, 0.25) is 0 Å². The third kappa shape index (κ3) is 4.33. The Bertz CT molecular complexity index is 758. The molecule has 3 rings (SSSR count). The maximum Gasteiger partial charge on any atom is 0.293 e. The van der Waals surface area contributed by atoms with Crippen LogP contribution in [0.1, 0.15) is 23.2 Å². The molecule has 1 atom stereocenters. The van der Waals surface area contributed by atoms with E-state index in [0.29, 0.717) is 12.2 Å². The Morgan fingerprint density at radius 3 is 2.72 bits per heavy atom. The lowest BCUT2D eigenvalue weighted by atomic mass is 10.1. The second kappa shape index (κ2) is 7.76. The van der Waals surface area contributed by atoms with Crippen LogP contribution >= 0.6 is 0 Å². The molecule has 0 bridgehead atoms. The fraction of sp³-hybridized carbons (Fsp3) is 0.278. The number of hydrogen-bond donors (Lipinski definition) is 3. The zero-order valence-electron chi connectivity index (χ0n) is 13.7. The van der Waals surface area contributed by atoms with Gasteiger partial charge in [-0.3, -0.25) is 14.9 Å². The van der Waals surface area contributed by atoms with Gasteiger partial charge in [-0.1, -0.05) is 18.2 Å². The number of anilines is 2. The van der Waals surface area contributed by atoms with Gasteiger partial charge in [0, 0.05) is 29.9 Å². The van der Waals surface area contributed by atoms with Gasteiger partial charge in [0.1, 0.15) is 5.69 Å². The van der Waals surface area contributed by atoms with Gasteiger partial charge in [0.05, 0.1) is 4.92 Å². The van der Waals surface area contributed by atoms with Crippen molar-refractivity contribution < 1.29 is 9.72 Å². The molecule has 1 amide bonds. The molecule has 0 aromatic heterocycles. The molecule has 1 unspecified atom stereocenters. The van der Waals surface area contributed by atoms with E-state index in [1.807, 2.05) is 30.3 Å². The molecule has 7 heteroatoms. The van der Waals surface area contributed by atoms with Crippen LogP contribution in [-0.2, 0) is 0 Å². The summed E-state index contributed by atoms with van der Waals surface area (Å²) in [7, 11) is 0. The summed E-state index contributed by atoms with van der Waals surface area (Å²) in [5.41, 5.74) is 1.25. The highest BCUT2D eigenvalue weighted by Crippen LogP contribution is 2.28. The number of para-hydroxylation sites is 1. The fourth-order valence-corrected chi connectivity index (χ4v) is 2.86. The molecule has 2 aromatic rings. The van der Waals surface area contributed by atoms with E-state index in [0.717, 1.165) is 25.1 Å². The van der Waals surface area contributed by atoms with E-state index in [-0.39, 0.29) is 23.2 Å². The standard InChI is InChI=1S/C18H20N4O3/c23-18(20-12-15-7-4-10-19-15)13-8-9-16(17(11-13)22(24)25)21-14-5-2-1-3-6-14/h1-3,5-6,8-9,11,15,19,21H,4,7,10,12H2,(H,20,23). The fourth-order valence-electron chi connectivity index (χ4n) is 2.86. The minimum absolute atomic E-state index is 0.129. The van der Waals surface area contributed by atoms with Gasteiger partial charge in [-0.05, 0) is 43.7 Å². The Morgan fingerprint density at radius 1 is 1.24 bits per heavy atom. The Morgan fingerprint density at radius 2 is 2.04 bits per heavy atom. The molecular weight excluding hydrogens is 320 g/mol. The van der Waals surface area contributed by atoms with Crippen LogP contribution in [0.5, 0.6) is 0 Å². The Hall–Kier alpha value is -2.93. The predicted octanol–water partition coefficient (Wildman–Crippen LogP) is 2.82. The molecule has 0 saturated carbocycles. The molecule has 25 heavy (non-hydrogen) atoms. The lowest BCUT2D eigenvalue weighted by molar-refractivity contribution is -0.383. The van der Waals surface area contributed by atoms with Crippen LogP contribution < -0.4 is 16.0 Å². The number of nitro benzene ring substituents is 1. The summed E-state index contributed by atoms with van der Waals surface area (Å²) in [6.45, 7) is 1.49. The first-order valence-corrected chi connectivity index (χ1v) is 8.25. The van der Waals surface area contributed by atoms with Gasteiger partial charge in [-0.25, -0.2) is 0 Å². The second-order valence-corrected chi connectivity index (χ2v) is 5.98. The number of carbonyl (C=O) groups excluding carboxylic acids is 1. The molecule has 130 valence electrons. The lowest BCUT2D eigenvalue weighted by Gasteiger charge is -2.12. The van der Waals surface area contributed by atoms with Crippen molar-refractivity contribution in [3.05, 3.63) is 64.2 Å². The van der Waals surface area contributed by atoms with Crippen LogP contribution in [0.15, 0.2) is 48.5 Å². The van der Waals surface area contributed by atoms with Crippen LogP contribution in [0.3, 0.4) is 0 Å². The molecule has 1 saturated heterocycles. The van der Waals surface area contributed by atoms with Gasteiger partial charge in [0.15, 0.2) is 0 Å². The van der Waals surface area contributed by atoms with Crippen LogP contribution in [0.25, 0.3) is 0 Å². The van der Waals surface area contributed by atoms with Crippen molar-refractivity contribution in [3.63, 3.8) is 0 Å². The molecule has 3 N–H and O–H groups in total. The van der Waals surface area contributed by atoms with Gasteiger partial charge in [-0.2, -0.15) is 0 Å². The third-order valence-corrected chi connectivity index (χ3v) is 4.18. The molecular formula is C18H20N4O3. The van der Waals surface area contributed by atoms with E-state index < -0.39 is 4.92 Å². The highest BCUT2D eigenvalue weighted by atomic mass is 16.6. The van der Waals surface area contributed by atoms with Crippen molar-refractivity contribution in [1.82, 2.24) is 10.6 Å². The van der Waals surface area contributed by atoms with E-state index in [4.69, 9.17) is 0 Å². The molecule has 1 aliphatic rings. The topological polar surface area (TPSA) is 96.3 Å². The monoisotopic (exact) mass is 340 g/mol. The number of nitro groups is 1. The third-order valence-electron chi connectivity index (χ3n) is 4.18. The number of nitrogens with one attached hydrogen (secondary N) is 3. The minimum atomic E-state index is -0.486. The number of hydrogen-bond acceptors (Lipinski definition) is 5. The summed E-state index contributed by atoms with van der Waals surface area (Å²) < 4.78 is 0. The number of benzene rings is 2. The smallest absolute Gasteiger partial charge is 0.293 e. The first kappa shape index (κ1) is 16.9. The Labute approximate surface area is 145 Å². The molecule has 0 radical (unpaired) electrons. The van der Waals surface area contributed by atoms with Crippen LogP contribution in [0, 0.1) is 10.1 Å². The van der Waals surface area contributed by atoms with Crippen molar-refractivity contribution in [2.24, 2.45) is 0 Å². The number of carbonyl (C=O) groups is 1. The number of nitrogens with zero attached hydrogens (tertiary/aromatic N) is 1. The van der Waals surface area contributed by atoms with Crippen LogP contribution in [0.4, 0.5) is 17.1 Å². The average molecular weight is 340 g/mol. The summed E-state index contributed by atoms with van der Waals surface area (Å²) in [5, 5.41) is 20.5. The zero-order valence-corrected chi connectivity index (χ0v) is 13.7. The van der Waals surface area contributed by atoms with Gasteiger partial charge in [0.25, 0.3) is 11.6 Å². The summed E-state index contributed by atoms with van der Waals surface area (Å²) in [6, 6.07) is 13.9. The van der Waals surface area contributed by atoms with Gasteiger partial charge in [0.2, 0.25) is 0 Å². The number of rotatable bonds is 6. The summed E-state index contributed by atoms with van der Waals surface area (Å²) in [5.74, 6) is -0.303. The Kier molecular flexibility index (Phi) is 5.25. The first-order valence-electron chi connectivity index (χ1n) is 8.25. The van der Waals surface area contributed by atoms with Crippen LogP contribution in [-0.4, -0.2) is 30.0 Å². The van der Waals surface area contributed by atoms with Crippen molar-refractivity contribution in [3.8, 4) is 0 Å². The largest absolute Gasteiger partial charge is 0.350 e. The first-order chi connectivity index (χ1) is 12.1. The average Bonchev–Trinajstić information content (AvgIpc) is 3.14. The molecule has 1 aliphatic heterocycles. The highest BCUT2D eigenvalue weighted by molar-refractivity contribution is 5.96. The lowest BCUT2D eigenvalue weighted by Crippen LogP contribution is -2.37. The van der Waals surface area contributed by atoms with E-state index in [2.05, 4.69) is 16.0 Å². The summed E-state index contributed by atoms with van der Waals surface area (Å²) in [6.07, 6.45) is 2.13. The molecule has 1 heterocycles. The summed E-state index contributed by atoms with van der Waals surface area (Å²) >= 11 is 0. The minimum Gasteiger partial charge on any atom is -0.350 e. The van der Waals surface area contributed by atoms with Gasteiger partial charge >= 0.3 is 0 Å². The van der Waals surface area contributed by atoms with Gasteiger partial charge in [-0.15, -0.1) is 0 Å². The maximum atomic E-state index is 12.3. The molecule has 1 fully saturated rings. The van der Waals surface area contributed by atoms with E-state index in [1.54, 1.807) is 12.1 Å². The van der Waals surface area contributed by atoms with E-state index in [9.17, 15) is 14.9 Å². The second-order valence-electron chi connectivity index (χ2n) is 5.98. The van der Waals surface area contributed by atoms with E-state index >= 15 is 0 Å². The highest BCUT2D eigenvalue weighted by Gasteiger charge is 2.19. The molecule has 0 aliphatic carbocycles. The molecule has 0 spiro atoms. The summed E-state index contributed by atoms with van der Waals surface area (Å²) in [4.78, 5) is 23.2. The molecule has 2 aromatic carbocycles. The normalized spacial score (nSPS) is 16.4. The van der Waals surface area contributed by atoms with Gasteiger partial charge < -0.3 is 16.0 Å². The van der Waals surface area contributed by atoms with Crippen molar-refractivity contribution >= 4 is 23.0 Å². The van der Waals surface area contributed by atoms with Crippen molar-refractivity contribution in [2.75, 3.05) is 18.4 Å².